The minimum Gasteiger partial charge on any atom is 0 e. The van der Waals surface area contributed by atoms with Gasteiger partial charge in [-0.2, -0.15) is 0 Å². The Morgan fingerprint density at radius 2 is 1.75 bits per heavy atom. The van der Waals surface area contributed by atoms with Gasteiger partial charge in [0.15, 0.2) is 0 Å². The maximum Gasteiger partial charge on any atom is 0 e. The minimum absolute atomic E-state index is 0. The topological polar surface area (TPSA) is 17.1 Å². The van der Waals surface area contributed by atoms with Crippen LogP contribution >= 0.6 is 0 Å². The molecule has 0 aromatic rings. The fourth-order valence-electron chi connectivity index (χ4n) is 0. The van der Waals surface area contributed by atoms with Gasteiger partial charge in [-0.3, -0.25) is 0 Å². The first-order chi connectivity index (χ1) is 1.41. The van der Waals surface area contributed by atoms with Gasteiger partial charge in [0, 0.05) is 17.4 Å². The molecule has 0 atom stereocenters. The van der Waals surface area contributed by atoms with Gasteiger partial charge in [0.05, 0.1) is 0 Å². The molecule has 0 aliphatic heterocycles. The Labute approximate surface area is 43.1 Å². The summed E-state index contributed by atoms with van der Waals surface area (Å²) >= 11 is 2.00. The number of hydrogen-bond acceptors (Lipinski definition) is 1. The van der Waals surface area contributed by atoms with Crippen molar-refractivity contribution in [3.63, 3.8) is 0 Å². The van der Waals surface area contributed by atoms with Crippen LogP contribution in [0, 0.1) is 0 Å². The van der Waals surface area contributed by atoms with Crippen molar-refractivity contribution in [1.29, 1.82) is 0 Å². The van der Waals surface area contributed by atoms with E-state index in [0.29, 0.717) is 0 Å². The van der Waals surface area contributed by atoms with Crippen molar-refractivity contribution in [1.82, 2.24) is 0 Å². The van der Waals surface area contributed by atoms with Gasteiger partial charge in [-0.05, 0) is 0 Å². The molecule has 3 heteroatoms. The molecule has 0 N–H and O–H groups in total. The summed E-state index contributed by atoms with van der Waals surface area (Å²) in [7, 11) is 0. The standard InChI is InChI=1S/CO.2Cr/c1-2;;. The Kier molecular flexibility index (Phi) is 20.8. The second kappa shape index (κ2) is 9.42. The van der Waals surface area contributed by atoms with Crippen LogP contribution in [0.1, 0.15) is 0 Å². The van der Waals surface area contributed by atoms with Crippen LogP contribution in [-0.4, -0.2) is 4.75 Å². The van der Waals surface area contributed by atoms with Crippen molar-refractivity contribution in [2.45, 2.75) is 0 Å². The Morgan fingerprint density at radius 3 is 1.75 bits per heavy atom. The summed E-state index contributed by atoms with van der Waals surface area (Å²) in [5.74, 6) is 0. The number of carbonyl (C=O) groups excluding carboxylic acids is 1. The molecule has 0 aliphatic carbocycles. The third kappa shape index (κ3) is 17.2. The summed E-state index contributed by atoms with van der Waals surface area (Å²) < 4.78 is 1.38. The number of rotatable bonds is 0. The molecule has 0 bridgehead atoms. The summed E-state index contributed by atoms with van der Waals surface area (Å²) in [6, 6.07) is 0. The van der Waals surface area contributed by atoms with Crippen LogP contribution in [0.2, 0.25) is 0 Å². The summed E-state index contributed by atoms with van der Waals surface area (Å²) in [5, 5.41) is 0. The van der Waals surface area contributed by atoms with Gasteiger partial charge in [-0.15, -0.1) is 0 Å². The van der Waals surface area contributed by atoms with Crippen LogP contribution in [0.3, 0.4) is 0 Å². The van der Waals surface area contributed by atoms with Crippen LogP contribution < -0.4 is 0 Å². The van der Waals surface area contributed by atoms with Gasteiger partial charge < -0.3 is 0 Å². The van der Waals surface area contributed by atoms with Gasteiger partial charge in [0.25, 0.3) is 0 Å². The average molecular weight is 132 g/mol. The molecular formula is CCr2O. The van der Waals surface area contributed by atoms with Crippen molar-refractivity contribution < 1.29 is 38.0 Å². The quantitative estimate of drug-likeness (QED) is 0.438. The molecule has 0 aliphatic rings. The molecule has 0 rings (SSSR count). The Bertz CT molecular complexity index is 27.0. The van der Waals surface area contributed by atoms with E-state index in [1.54, 1.807) is 0 Å². The van der Waals surface area contributed by atoms with E-state index < -0.39 is 0 Å². The van der Waals surface area contributed by atoms with Crippen molar-refractivity contribution in [2.75, 3.05) is 0 Å². The zero-order valence-electron chi connectivity index (χ0n) is 1.72. The van der Waals surface area contributed by atoms with Gasteiger partial charge in [-0.1, -0.05) is 0 Å². The Balaban J connectivity index is 0. The molecule has 0 spiro atoms. The largest absolute Gasteiger partial charge is 0 e. The molecule has 0 radical (unpaired) electrons. The van der Waals surface area contributed by atoms with E-state index in [2.05, 4.69) is 0 Å². The van der Waals surface area contributed by atoms with Gasteiger partial charge in [0.1, 0.15) is 0 Å². The first kappa shape index (κ1) is 8.82. The monoisotopic (exact) mass is 132 g/mol. The van der Waals surface area contributed by atoms with Crippen molar-refractivity contribution in [3.8, 4) is 0 Å². The van der Waals surface area contributed by atoms with E-state index in [4.69, 9.17) is 4.79 Å². The van der Waals surface area contributed by atoms with E-state index in [-0.39, 0.29) is 17.4 Å². The maximum absolute atomic E-state index is 8.62. The third-order valence-electron chi connectivity index (χ3n) is 0. The molecule has 0 unspecified atom stereocenters. The predicted molar refractivity (Wildman–Crippen MR) is 5.69 cm³/mol. The third-order valence-corrected chi connectivity index (χ3v) is 0. The van der Waals surface area contributed by atoms with E-state index >= 15 is 0 Å². The van der Waals surface area contributed by atoms with E-state index in [9.17, 15) is 0 Å². The van der Waals surface area contributed by atoms with Crippen molar-refractivity contribution in [2.24, 2.45) is 0 Å². The summed E-state index contributed by atoms with van der Waals surface area (Å²) in [5.41, 5.74) is 0. The molecular weight excluding hydrogens is 132 g/mol. The summed E-state index contributed by atoms with van der Waals surface area (Å²) in [6.45, 7) is 0. The molecule has 0 saturated carbocycles. The van der Waals surface area contributed by atoms with Gasteiger partial charge >= 0.3 is 25.4 Å². The van der Waals surface area contributed by atoms with Gasteiger partial charge in [0.2, 0.25) is 0 Å². The van der Waals surface area contributed by atoms with E-state index in [0.717, 1.165) is 0 Å². The number of hydrogen-bond donors (Lipinski definition) is 0. The molecule has 0 heterocycles. The normalized spacial score (nSPS) is 2.00. The first-order valence-electron chi connectivity index (χ1n) is 0.408. The zero-order valence-corrected chi connectivity index (χ0v) is 4.27. The van der Waals surface area contributed by atoms with Crippen LogP contribution in [0.4, 0.5) is 0 Å². The van der Waals surface area contributed by atoms with Crippen molar-refractivity contribution in [3.05, 3.63) is 0 Å². The molecule has 0 saturated heterocycles. The molecule has 0 fully saturated rings. The molecule has 1 nitrogen and oxygen atoms in total. The average Bonchev–Trinajstić information content (AvgIpc) is 0.918. The SMILES string of the molecule is O=[C]=[Cr].[Cr]. The fourth-order valence-corrected chi connectivity index (χ4v) is 0. The van der Waals surface area contributed by atoms with Crippen LogP contribution in [0.25, 0.3) is 0 Å². The minimum atomic E-state index is 0. The second-order valence-electron chi connectivity index (χ2n) is 0.0833. The summed E-state index contributed by atoms with van der Waals surface area (Å²) in [6.07, 6.45) is 0. The molecule has 22 valence electrons. The maximum atomic E-state index is 8.62. The van der Waals surface area contributed by atoms with Gasteiger partial charge in [-0.25, -0.2) is 0 Å². The van der Waals surface area contributed by atoms with Crippen molar-refractivity contribution >= 4 is 4.75 Å². The van der Waals surface area contributed by atoms with Crippen LogP contribution in [-0.2, 0) is 38.0 Å². The smallest absolute Gasteiger partial charge is 0 e. The molecule has 0 amide bonds. The fraction of sp³-hybridized carbons (Fsp3) is 0. The molecule has 0 aromatic heterocycles. The zero-order chi connectivity index (χ0) is 2.71. The second-order valence-corrected chi connectivity index (χ2v) is 0.344. The van der Waals surface area contributed by atoms with Crippen LogP contribution in [0.15, 0.2) is 0 Å². The van der Waals surface area contributed by atoms with E-state index in [1.165, 1.54) is 4.75 Å². The van der Waals surface area contributed by atoms with E-state index in [1.807, 2.05) is 15.9 Å². The molecule has 0 aromatic carbocycles. The first-order valence-corrected chi connectivity index (χ1v) is 1.05. The summed E-state index contributed by atoms with van der Waals surface area (Å²) in [4.78, 5) is 8.62. The Morgan fingerprint density at radius 1 is 1.75 bits per heavy atom. The predicted octanol–water partition coefficient (Wildman–Crippen LogP) is -0.402. The Hall–Kier alpha value is 0.645. The molecule has 4 heavy (non-hydrogen) atoms. The van der Waals surface area contributed by atoms with Crippen LogP contribution in [0.5, 0.6) is 0 Å².